The molecule has 5 nitrogen and oxygen atoms in total. The number of furan rings is 1. The molecule has 0 bridgehead atoms. The number of benzene rings is 7. The first-order valence-corrected chi connectivity index (χ1v) is 16.8. The van der Waals surface area contributed by atoms with Crippen LogP contribution in [0.5, 0.6) is 0 Å². The van der Waals surface area contributed by atoms with E-state index in [2.05, 4.69) is 114 Å². The third kappa shape index (κ3) is 3.92. The molecule has 232 valence electrons. The molecule has 4 aromatic heterocycles. The molecular weight excluding hydrogens is 613 g/mol. The number of aromatic nitrogens is 4. The highest BCUT2D eigenvalue weighted by molar-refractivity contribution is 6.26. The van der Waals surface area contributed by atoms with Gasteiger partial charge in [0.2, 0.25) is 0 Å². The van der Waals surface area contributed by atoms with E-state index >= 15 is 0 Å². The number of fused-ring (bicyclic) bond motifs is 9. The SMILES string of the molecule is c1ccc(-c2cccc(-c3nc(-c4ccccc4)nc(-c4cccc5oc6cc7c8cccc9c%10ccccc%10n(c7cc6c45)c98)n3)c2)cc1. The summed E-state index contributed by atoms with van der Waals surface area (Å²) in [5.74, 6) is 1.84. The Morgan fingerprint density at radius 2 is 1.00 bits per heavy atom. The van der Waals surface area contributed by atoms with E-state index in [1.54, 1.807) is 0 Å². The Balaban J connectivity index is 1.18. The molecule has 11 rings (SSSR count). The Morgan fingerprint density at radius 1 is 0.380 bits per heavy atom. The van der Waals surface area contributed by atoms with E-state index < -0.39 is 0 Å². The number of hydrogen-bond acceptors (Lipinski definition) is 4. The zero-order valence-electron chi connectivity index (χ0n) is 26.7. The average molecular weight is 639 g/mol. The van der Waals surface area contributed by atoms with Gasteiger partial charge in [-0.05, 0) is 41.5 Å². The van der Waals surface area contributed by atoms with Crippen LogP contribution in [0.1, 0.15) is 0 Å². The maximum absolute atomic E-state index is 6.61. The van der Waals surface area contributed by atoms with Crippen LogP contribution in [0, 0.1) is 0 Å². The first-order valence-electron chi connectivity index (χ1n) is 16.8. The quantitative estimate of drug-likeness (QED) is 0.192. The number of nitrogens with zero attached hydrogens (tertiary/aromatic N) is 4. The number of hydrogen-bond donors (Lipinski definition) is 0. The van der Waals surface area contributed by atoms with Crippen molar-refractivity contribution in [1.29, 1.82) is 0 Å². The molecule has 50 heavy (non-hydrogen) atoms. The molecule has 0 amide bonds. The summed E-state index contributed by atoms with van der Waals surface area (Å²) in [6.07, 6.45) is 0. The van der Waals surface area contributed by atoms with E-state index in [9.17, 15) is 0 Å². The van der Waals surface area contributed by atoms with E-state index in [0.717, 1.165) is 55.3 Å². The lowest BCUT2D eigenvalue weighted by atomic mass is 10.0. The first-order chi connectivity index (χ1) is 24.8. The van der Waals surface area contributed by atoms with Crippen molar-refractivity contribution in [3.63, 3.8) is 0 Å². The molecule has 7 aromatic carbocycles. The van der Waals surface area contributed by atoms with Crippen molar-refractivity contribution >= 4 is 60.0 Å². The van der Waals surface area contributed by atoms with Crippen molar-refractivity contribution < 1.29 is 4.42 Å². The van der Waals surface area contributed by atoms with E-state index in [1.165, 1.54) is 32.6 Å². The highest BCUT2D eigenvalue weighted by Crippen LogP contribution is 2.43. The fourth-order valence-corrected chi connectivity index (χ4v) is 7.74. The first kappa shape index (κ1) is 27.1. The summed E-state index contributed by atoms with van der Waals surface area (Å²) in [5, 5.41) is 6.94. The Morgan fingerprint density at radius 3 is 1.84 bits per heavy atom. The van der Waals surface area contributed by atoms with E-state index in [-0.39, 0.29) is 0 Å². The van der Waals surface area contributed by atoms with Crippen LogP contribution in [0.4, 0.5) is 0 Å². The number of rotatable bonds is 4. The second-order valence-corrected chi connectivity index (χ2v) is 12.8. The van der Waals surface area contributed by atoms with Gasteiger partial charge >= 0.3 is 0 Å². The maximum Gasteiger partial charge on any atom is 0.164 e. The van der Waals surface area contributed by atoms with Crippen LogP contribution in [-0.2, 0) is 0 Å². The lowest BCUT2D eigenvalue weighted by Crippen LogP contribution is -2.00. The topological polar surface area (TPSA) is 56.2 Å². The molecule has 4 heterocycles. The van der Waals surface area contributed by atoms with E-state index in [1.807, 2.05) is 48.5 Å². The highest BCUT2D eigenvalue weighted by atomic mass is 16.3. The van der Waals surface area contributed by atoms with Gasteiger partial charge in [0.25, 0.3) is 0 Å². The molecule has 0 aliphatic rings. The van der Waals surface area contributed by atoms with E-state index in [0.29, 0.717) is 17.5 Å². The third-order valence-corrected chi connectivity index (χ3v) is 9.98. The Hall–Kier alpha value is -6.85. The minimum Gasteiger partial charge on any atom is -0.456 e. The molecule has 0 aliphatic heterocycles. The van der Waals surface area contributed by atoms with Crippen LogP contribution in [0.3, 0.4) is 0 Å². The largest absolute Gasteiger partial charge is 0.456 e. The van der Waals surface area contributed by atoms with Gasteiger partial charge in [0.15, 0.2) is 17.5 Å². The maximum atomic E-state index is 6.61. The van der Waals surface area contributed by atoms with Gasteiger partial charge in [0, 0.05) is 49.0 Å². The Bertz CT molecular complexity index is 3090. The zero-order chi connectivity index (χ0) is 32.8. The summed E-state index contributed by atoms with van der Waals surface area (Å²) in [5.41, 5.74) is 10.2. The van der Waals surface area contributed by atoms with Crippen LogP contribution < -0.4 is 0 Å². The average Bonchev–Trinajstić information content (AvgIpc) is 3.84. The van der Waals surface area contributed by atoms with Crippen molar-refractivity contribution in [3.8, 4) is 45.3 Å². The van der Waals surface area contributed by atoms with Crippen molar-refractivity contribution in [2.75, 3.05) is 0 Å². The molecule has 11 aromatic rings. The van der Waals surface area contributed by atoms with Gasteiger partial charge < -0.3 is 8.82 Å². The van der Waals surface area contributed by atoms with Gasteiger partial charge in [-0.15, -0.1) is 0 Å². The normalized spacial score (nSPS) is 12.0. The second-order valence-electron chi connectivity index (χ2n) is 12.8. The standard InChI is InChI=1S/C45H26N4O/c1-3-12-27(13-4-1)29-16-9-17-30(24-29)44-46-43(28-14-5-2-6-15-28)47-45(48-44)34-21-11-23-39-41(34)36-25-38-35(26-40(36)50-39)33-20-10-19-32-31-18-7-8-22-37(31)49(38)42(32)33/h1-26H. The lowest BCUT2D eigenvalue weighted by Gasteiger charge is -2.10. The smallest absolute Gasteiger partial charge is 0.164 e. The van der Waals surface area contributed by atoms with Crippen LogP contribution in [0.15, 0.2) is 162 Å². The highest BCUT2D eigenvalue weighted by Gasteiger charge is 2.22. The predicted octanol–water partition coefficient (Wildman–Crippen LogP) is 11.6. The molecule has 0 spiro atoms. The predicted molar refractivity (Wildman–Crippen MR) is 204 cm³/mol. The summed E-state index contributed by atoms with van der Waals surface area (Å²) >= 11 is 0. The minimum absolute atomic E-state index is 0.602. The third-order valence-electron chi connectivity index (χ3n) is 9.98. The van der Waals surface area contributed by atoms with Crippen LogP contribution in [-0.4, -0.2) is 19.4 Å². The summed E-state index contributed by atoms with van der Waals surface area (Å²) in [6, 6.07) is 54.8. The summed E-state index contributed by atoms with van der Waals surface area (Å²) in [4.78, 5) is 15.3. The molecule has 0 saturated carbocycles. The van der Waals surface area contributed by atoms with Crippen molar-refractivity contribution in [3.05, 3.63) is 158 Å². The molecule has 5 heteroatoms. The van der Waals surface area contributed by atoms with Gasteiger partial charge in [0.05, 0.1) is 16.6 Å². The minimum atomic E-state index is 0.602. The molecule has 0 unspecified atom stereocenters. The summed E-state index contributed by atoms with van der Waals surface area (Å²) < 4.78 is 9.02. The van der Waals surface area contributed by atoms with Gasteiger partial charge in [0.1, 0.15) is 11.2 Å². The molecule has 0 N–H and O–H groups in total. The summed E-state index contributed by atoms with van der Waals surface area (Å²) in [6.45, 7) is 0. The molecule has 0 radical (unpaired) electrons. The van der Waals surface area contributed by atoms with Crippen molar-refractivity contribution in [2.24, 2.45) is 0 Å². The Labute approximate surface area is 286 Å². The van der Waals surface area contributed by atoms with Crippen molar-refractivity contribution in [2.45, 2.75) is 0 Å². The fraction of sp³-hybridized carbons (Fsp3) is 0. The van der Waals surface area contributed by atoms with Crippen LogP contribution >= 0.6 is 0 Å². The molecular formula is C45H26N4O. The molecule has 0 aliphatic carbocycles. The van der Waals surface area contributed by atoms with Crippen LogP contribution in [0.25, 0.3) is 105 Å². The number of para-hydroxylation sites is 2. The molecule has 0 atom stereocenters. The molecule has 0 fully saturated rings. The van der Waals surface area contributed by atoms with Gasteiger partial charge in [-0.25, -0.2) is 15.0 Å². The lowest BCUT2D eigenvalue weighted by molar-refractivity contribution is 0.669. The summed E-state index contributed by atoms with van der Waals surface area (Å²) in [7, 11) is 0. The van der Waals surface area contributed by atoms with Crippen LogP contribution in [0.2, 0.25) is 0 Å². The second kappa shape index (κ2) is 10.3. The van der Waals surface area contributed by atoms with Gasteiger partial charge in [-0.3, -0.25) is 0 Å². The Kier molecular flexibility index (Phi) is 5.60. The van der Waals surface area contributed by atoms with Gasteiger partial charge in [-0.2, -0.15) is 0 Å². The molecule has 0 saturated heterocycles. The zero-order valence-corrected chi connectivity index (χ0v) is 26.7. The van der Waals surface area contributed by atoms with E-state index in [4.69, 9.17) is 19.4 Å². The monoisotopic (exact) mass is 638 g/mol. The van der Waals surface area contributed by atoms with Gasteiger partial charge in [-0.1, -0.05) is 127 Å². The fourth-order valence-electron chi connectivity index (χ4n) is 7.74. The van der Waals surface area contributed by atoms with Crippen molar-refractivity contribution in [1.82, 2.24) is 19.4 Å².